The Morgan fingerprint density at radius 3 is 2.45 bits per heavy atom. The summed E-state index contributed by atoms with van der Waals surface area (Å²) in [5.74, 6) is 0. The second-order valence-corrected chi connectivity index (χ2v) is 5.04. The van der Waals surface area contributed by atoms with Crippen molar-refractivity contribution < 1.29 is 4.79 Å². The van der Waals surface area contributed by atoms with Gasteiger partial charge in [0.1, 0.15) is 0 Å². The van der Waals surface area contributed by atoms with Crippen LogP contribution in [-0.4, -0.2) is 9.45 Å². The van der Waals surface area contributed by atoms with Gasteiger partial charge in [-0.15, -0.1) is 0 Å². The smallest absolute Gasteiger partial charge is 0.281 e. The third-order valence-electron chi connectivity index (χ3n) is 3.25. The summed E-state index contributed by atoms with van der Waals surface area (Å²) in [6.45, 7) is 2.24. The first-order chi connectivity index (χ1) is 5.10. The number of rotatable bonds is 2. The largest absolute Gasteiger partial charge is 0.342 e. The van der Waals surface area contributed by atoms with E-state index in [-0.39, 0.29) is 9.45 Å². The highest BCUT2D eigenvalue weighted by Crippen LogP contribution is 2.68. The van der Waals surface area contributed by atoms with E-state index in [1.165, 1.54) is 25.7 Å². The second-order valence-electron chi connectivity index (χ2n) is 4.06. The minimum Gasteiger partial charge on any atom is -0.342 e. The summed E-state index contributed by atoms with van der Waals surface area (Å²) in [7, 11) is 0. The highest BCUT2D eigenvalue weighted by Gasteiger charge is 2.67. The lowest BCUT2D eigenvalue weighted by molar-refractivity contribution is -0.146. The van der Waals surface area contributed by atoms with Crippen LogP contribution in [0.5, 0.6) is 0 Å². The molecule has 3 fully saturated rings. The number of hydrogen-bond acceptors (Lipinski definition) is 1. The van der Waals surface area contributed by atoms with Crippen LogP contribution in [-0.2, 0) is 0 Å². The standard InChI is InChI=1S/C8H12INO/c1-2-7-3-8(4-7,5-7)10-6(9)11/h2-5H2,1H3,(H,10,11). The van der Waals surface area contributed by atoms with Crippen molar-refractivity contribution in [1.82, 2.24) is 5.32 Å². The van der Waals surface area contributed by atoms with Crippen LogP contribution in [0.25, 0.3) is 0 Å². The SMILES string of the molecule is CCC12CC(NC(=O)I)(C1)C2. The van der Waals surface area contributed by atoms with Crippen LogP contribution in [0.2, 0.25) is 0 Å². The van der Waals surface area contributed by atoms with Gasteiger partial charge in [0, 0.05) is 28.1 Å². The minimum atomic E-state index is 0.104. The Morgan fingerprint density at radius 1 is 1.55 bits per heavy atom. The molecule has 0 saturated heterocycles. The molecule has 2 nitrogen and oxygen atoms in total. The molecule has 3 rings (SSSR count). The van der Waals surface area contributed by atoms with Crippen LogP contribution in [0.4, 0.5) is 4.79 Å². The van der Waals surface area contributed by atoms with E-state index in [9.17, 15) is 4.79 Å². The maximum Gasteiger partial charge on any atom is 0.281 e. The molecule has 0 aromatic rings. The predicted molar refractivity (Wildman–Crippen MR) is 51.9 cm³/mol. The zero-order chi connectivity index (χ0) is 8.11. The molecule has 0 atom stereocenters. The molecular formula is C8H12INO. The molecule has 11 heavy (non-hydrogen) atoms. The van der Waals surface area contributed by atoms with E-state index >= 15 is 0 Å². The van der Waals surface area contributed by atoms with Crippen LogP contribution in [0.1, 0.15) is 32.6 Å². The number of amides is 1. The molecule has 0 heterocycles. The summed E-state index contributed by atoms with van der Waals surface area (Å²) in [4.78, 5) is 10.7. The molecule has 0 unspecified atom stereocenters. The van der Waals surface area contributed by atoms with E-state index in [1.807, 2.05) is 22.6 Å². The first-order valence-electron chi connectivity index (χ1n) is 4.08. The van der Waals surface area contributed by atoms with Gasteiger partial charge in [0.2, 0.25) is 0 Å². The van der Waals surface area contributed by atoms with Crippen molar-refractivity contribution in [2.24, 2.45) is 5.41 Å². The highest BCUT2D eigenvalue weighted by molar-refractivity contribution is 14.1. The van der Waals surface area contributed by atoms with E-state index in [0.717, 1.165) is 0 Å². The van der Waals surface area contributed by atoms with Gasteiger partial charge in [0.25, 0.3) is 3.91 Å². The Bertz CT molecular complexity index is 194. The normalized spacial score (nSPS) is 45.6. The van der Waals surface area contributed by atoms with Gasteiger partial charge < -0.3 is 5.32 Å². The average molecular weight is 265 g/mol. The summed E-state index contributed by atoms with van der Waals surface area (Å²) in [5.41, 5.74) is 0.882. The van der Waals surface area contributed by atoms with E-state index in [4.69, 9.17) is 0 Å². The van der Waals surface area contributed by atoms with Gasteiger partial charge in [0.15, 0.2) is 0 Å². The van der Waals surface area contributed by atoms with Crippen molar-refractivity contribution in [3.8, 4) is 0 Å². The van der Waals surface area contributed by atoms with Gasteiger partial charge in [-0.2, -0.15) is 0 Å². The van der Waals surface area contributed by atoms with Crippen molar-refractivity contribution in [3.63, 3.8) is 0 Å². The number of halogens is 1. The van der Waals surface area contributed by atoms with Gasteiger partial charge in [0.05, 0.1) is 0 Å². The molecule has 62 valence electrons. The zero-order valence-electron chi connectivity index (χ0n) is 6.61. The fourth-order valence-corrected chi connectivity index (χ4v) is 3.29. The molecule has 3 aliphatic carbocycles. The first kappa shape index (κ1) is 7.83. The van der Waals surface area contributed by atoms with Gasteiger partial charge in [-0.25, -0.2) is 0 Å². The fraction of sp³-hybridized carbons (Fsp3) is 0.875. The van der Waals surface area contributed by atoms with Gasteiger partial charge >= 0.3 is 0 Å². The van der Waals surface area contributed by atoms with Crippen LogP contribution in [0.15, 0.2) is 0 Å². The van der Waals surface area contributed by atoms with Crippen molar-refractivity contribution in [3.05, 3.63) is 0 Å². The zero-order valence-corrected chi connectivity index (χ0v) is 8.77. The Morgan fingerprint density at radius 2 is 2.09 bits per heavy atom. The van der Waals surface area contributed by atoms with Crippen LogP contribution in [0.3, 0.4) is 0 Å². The lowest BCUT2D eigenvalue weighted by Crippen LogP contribution is -2.73. The van der Waals surface area contributed by atoms with Crippen molar-refractivity contribution >= 4 is 26.5 Å². The van der Waals surface area contributed by atoms with Crippen molar-refractivity contribution in [2.75, 3.05) is 0 Å². The number of carbonyl (C=O) groups is 1. The van der Waals surface area contributed by atoms with E-state index in [1.54, 1.807) is 0 Å². The fourth-order valence-electron chi connectivity index (χ4n) is 2.71. The van der Waals surface area contributed by atoms with Crippen molar-refractivity contribution in [1.29, 1.82) is 0 Å². The number of carbonyl (C=O) groups excluding carboxylic acids is 1. The third kappa shape index (κ3) is 0.999. The molecule has 1 N–H and O–H groups in total. The molecule has 3 aliphatic rings. The van der Waals surface area contributed by atoms with Crippen LogP contribution >= 0.6 is 22.6 Å². The summed E-state index contributed by atoms with van der Waals surface area (Å²) >= 11 is 1.82. The molecule has 1 amide bonds. The van der Waals surface area contributed by atoms with Gasteiger partial charge in [-0.05, 0) is 24.7 Å². The summed E-state index contributed by atoms with van der Waals surface area (Å²) in [5, 5.41) is 3.03. The van der Waals surface area contributed by atoms with E-state index < -0.39 is 0 Å². The molecule has 0 radical (unpaired) electrons. The summed E-state index contributed by atoms with van der Waals surface area (Å²) in [6, 6.07) is 0. The summed E-state index contributed by atoms with van der Waals surface area (Å²) < 4.78 is 0.104. The molecule has 3 heteroatoms. The third-order valence-corrected chi connectivity index (χ3v) is 3.52. The molecule has 0 aliphatic heterocycles. The monoisotopic (exact) mass is 265 g/mol. The Kier molecular flexibility index (Phi) is 1.51. The second kappa shape index (κ2) is 2.12. The molecule has 0 spiro atoms. The Labute approximate surface area is 80.3 Å². The quantitative estimate of drug-likeness (QED) is 0.464. The number of hydrogen-bond donors (Lipinski definition) is 1. The summed E-state index contributed by atoms with van der Waals surface area (Å²) in [6.07, 6.45) is 4.97. The Balaban J connectivity index is 1.89. The molecular weight excluding hydrogens is 253 g/mol. The lowest BCUT2D eigenvalue weighted by atomic mass is 9.38. The van der Waals surface area contributed by atoms with Crippen LogP contribution < -0.4 is 5.32 Å². The maximum absolute atomic E-state index is 10.7. The Hall–Kier alpha value is 0.200. The molecule has 2 bridgehead atoms. The van der Waals surface area contributed by atoms with E-state index in [2.05, 4.69) is 12.2 Å². The molecule has 0 aromatic heterocycles. The van der Waals surface area contributed by atoms with Gasteiger partial charge in [-0.3, -0.25) is 4.79 Å². The van der Waals surface area contributed by atoms with Crippen LogP contribution in [0, 0.1) is 5.41 Å². The topological polar surface area (TPSA) is 29.1 Å². The van der Waals surface area contributed by atoms with Crippen molar-refractivity contribution in [2.45, 2.75) is 38.1 Å². The van der Waals surface area contributed by atoms with E-state index in [0.29, 0.717) is 5.41 Å². The lowest BCUT2D eigenvalue weighted by Gasteiger charge is -2.70. The maximum atomic E-state index is 10.7. The number of nitrogens with one attached hydrogen (secondary N) is 1. The molecule has 0 aromatic carbocycles. The average Bonchev–Trinajstić information content (AvgIpc) is 1.74. The van der Waals surface area contributed by atoms with Gasteiger partial charge in [-0.1, -0.05) is 13.3 Å². The first-order valence-corrected chi connectivity index (χ1v) is 5.15. The predicted octanol–water partition coefficient (Wildman–Crippen LogP) is 2.46. The molecule has 3 saturated carbocycles. The highest BCUT2D eigenvalue weighted by atomic mass is 127. The minimum absolute atomic E-state index is 0.104.